The standard InChI is InChI=1S/C19H26O2/c1-14(7-5-8-15(2)13-19(20)21)11-12-18-16(3)9-6-10-17(18)4/h5,7-8,11-13,16H,6,9-10H2,1-4H3,(H,20,21)/b8-5+,12-11+,14-7+,15-13+. The number of carboxylic acids is 1. The Labute approximate surface area is 128 Å². The molecule has 0 radical (unpaired) electrons. The van der Waals surface area contributed by atoms with Crippen molar-refractivity contribution in [2.75, 3.05) is 0 Å². The molecule has 0 amide bonds. The van der Waals surface area contributed by atoms with Crippen molar-refractivity contribution in [3.63, 3.8) is 0 Å². The Kier molecular flexibility index (Phi) is 6.93. The van der Waals surface area contributed by atoms with Crippen LogP contribution in [-0.2, 0) is 4.79 Å². The van der Waals surface area contributed by atoms with Crippen LogP contribution in [0.5, 0.6) is 0 Å². The molecule has 0 aromatic heterocycles. The second kappa shape index (κ2) is 8.46. The first kappa shape index (κ1) is 17.2. The summed E-state index contributed by atoms with van der Waals surface area (Å²) in [4.78, 5) is 10.5. The number of allylic oxidation sites excluding steroid dienone is 9. The van der Waals surface area contributed by atoms with E-state index in [-0.39, 0.29) is 0 Å². The molecule has 0 aliphatic heterocycles. The van der Waals surface area contributed by atoms with Gasteiger partial charge < -0.3 is 5.11 Å². The van der Waals surface area contributed by atoms with E-state index in [2.05, 4.69) is 32.9 Å². The van der Waals surface area contributed by atoms with Crippen molar-refractivity contribution >= 4 is 5.97 Å². The fraction of sp³-hybridized carbons (Fsp3) is 0.421. The van der Waals surface area contributed by atoms with Gasteiger partial charge in [-0.25, -0.2) is 4.79 Å². The number of aliphatic carboxylic acids is 1. The maximum absolute atomic E-state index is 10.5. The fourth-order valence-electron chi connectivity index (χ4n) is 2.57. The Morgan fingerprint density at radius 2 is 1.95 bits per heavy atom. The minimum Gasteiger partial charge on any atom is -0.478 e. The van der Waals surface area contributed by atoms with Crippen LogP contribution in [-0.4, -0.2) is 11.1 Å². The first-order valence-electron chi connectivity index (χ1n) is 7.54. The molecule has 2 nitrogen and oxygen atoms in total. The van der Waals surface area contributed by atoms with E-state index >= 15 is 0 Å². The van der Waals surface area contributed by atoms with Gasteiger partial charge in [0.05, 0.1) is 0 Å². The van der Waals surface area contributed by atoms with Gasteiger partial charge in [-0.2, -0.15) is 0 Å². The van der Waals surface area contributed by atoms with Crippen LogP contribution in [0.25, 0.3) is 0 Å². The monoisotopic (exact) mass is 286 g/mol. The lowest BCUT2D eigenvalue weighted by Crippen LogP contribution is -2.06. The molecule has 1 rings (SSSR count). The lowest BCUT2D eigenvalue weighted by Gasteiger charge is -2.22. The van der Waals surface area contributed by atoms with E-state index in [0.717, 1.165) is 11.1 Å². The molecule has 1 N–H and O–H groups in total. The Bertz CT molecular complexity index is 528. The number of hydrogen-bond acceptors (Lipinski definition) is 1. The summed E-state index contributed by atoms with van der Waals surface area (Å²) in [7, 11) is 0. The fourth-order valence-corrected chi connectivity index (χ4v) is 2.57. The molecule has 0 saturated carbocycles. The highest BCUT2D eigenvalue weighted by Crippen LogP contribution is 2.30. The van der Waals surface area contributed by atoms with Crippen LogP contribution in [0.4, 0.5) is 0 Å². The molecular weight excluding hydrogens is 260 g/mol. The minimum absolute atomic E-state index is 0.652. The molecule has 21 heavy (non-hydrogen) atoms. The van der Waals surface area contributed by atoms with E-state index in [0.29, 0.717) is 5.92 Å². The van der Waals surface area contributed by atoms with Gasteiger partial charge in [0.1, 0.15) is 0 Å². The highest BCUT2D eigenvalue weighted by atomic mass is 16.4. The van der Waals surface area contributed by atoms with Gasteiger partial charge in [-0.1, -0.05) is 48.5 Å². The molecular formula is C19H26O2. The summed E-state index contributed by atoms with van der Waals surface area (Å²) in [6.07, 6.45) is 15.1. The van der Waals surface area contributed by atoms with E-state index in [4.69, 9.17) is 5.11 Å². The van der Waals surface area contributed by atoms with Crippen LogP contribution < -0.4 is 0 Å². The van der Waals surface area contributed by atoms with Crippen molar-refractivity contribution in [2.24, 2.45) is 5.92 Å². The quantitative estimate of drug-likeness (QED) is 0.556. The van der Waals surface area contributed by atoms with Crippen LogP contribution in [0.3, 0.4) is 0 Å². The maximum atomic E-state index is 10.5. The number of carboxylic acid groups (broad SMARTS) is 1. The molecule has 0 aromatic rings. The number of hydrogen-bond donors (Lipinski definition) is 1. The molecule has 0 bridgehead atoms. The van der Waals surface area contributed by atoms with Crippen LogP contribution in [0, 0.1) is 5.92 Å². The summed E-state index contributed by atoms with van der Waals surface area (Å²) in [5.74, 6) is -0.259. The van der Waals surface area contributed by atoms with Crippen molar-refractivity contribution < 1.29 is 9.90 Å². The van der Waals surface area contributed by atoms with E-state index in [1.165, 1.54) is 36.5 Å². The van der Waals surface area contributed by atoms with Crippen molar-refractivity contribution in [2.45, 2.75) is 47.0 Å². The van der Waals surface area contributed by atoms with Gasteiger partial charge in [-0.05, 0) is 57.1 Å². The van der Waals surface area contributed by atoms with Gasteiger partial charge in [0.2, 0.25) is 0 Å². The maximum Gasteiger partial charge on any atom is 0.328 e. The number of rotatable bonds is 5. The average Bonchev–Trinajstić information content (AvgIpc) is 2.37. The van der Waals surface area contributed by atoms with Crippen LogP contribution >= 0.6 is 0 Å². The van der Waals surface area contributed by atoms with Crippen molar-refractivity contribution in [1.82, 2.24) is 0 Å². The summed E-state index contributed by atoms with van der Waals surface area (Å²) >= 11 is 0. The van der Waals surface area contributed by atoms with Crippen LogP contribution in [0.2, 0.25) is 0 Å². The molecule has 0 fully saturated rings. The van der Waals surface area contributed by atoms with Gasteiger partial charge in [-0.3, -0.25) is 0 Å². The molecule has 2 heteroatoms. The van der Waals surface area contributed by atoms with Crippen LogP contribution in [0.15, 0.2) is 58.7 Å². The zero-order chi connectivity index (χ0) is 15.8. The van der Waals surface area contributed by atoms with Crippen molar-refractivity contribution in [1.29, 1.82) is 0 Å². The van der Waals surface area contributed by atoms with Crippen LogP contribution in [0.1, 0.15) is 47.0 Å². The third-order valence-electron chi connectivity index (χ3n) is 3.81. The smallest absolute Gasteiger partial charge is 0.328 e. The zero-order valence-corrected chi connectivity index (χ0v) is 13.5. The highest BCUT2D eigenvalue weighted by Gasteiger charge is 2.14. The molecule has 1 unspecified atom stereocenters. The van der Waals surface area contributed by atoms with E-state index in [9.17, 15) is 4.79 Å². The van der Waals surface area contributed by atoms with E-state index < -0.39 is 5.97 Å². The summed E-state index contributed by atoms with van der Waals surface area (Å²) in [5.41, 5.74) is 4.87. The van der Waals surface area contributed by atoms with Crippen molar-refractivity contribution in [3.05, 3.63) is 58.7 Å². The van der Waals surface area contributed by atoms with E-state index in [1.807, 2.05) is 12.2 Å². The third kappa shape index (κ3) is 6.44. The Balaban J connectivity index is 2.70. The Morgan fingerprint density at radius 3 is 2.57 bits per heavy atom. The minimum atomic E-state index is -0.911. The van der Waals surface area contributed by atoms with Gasteiger partial charge >= 0.3 is 5.97 Å². The van der Waals surface area contributed by atoms with Gasteiger partial charge in [0, 0.05) is 6.08 Å². The van der Waals surface area contributed by atoms with Gasteiger partial charge in [-0.15, -0.1) is 0 Å². The molecule has 1 aliphatic carbocycles. The second-order valence-electron chi connectivity index (χ2n) is 5.86. The van der Waals surface area contributed by atoms with Gasteiger partial charge in [0.15, 0.2) is 0 Å². The second-order valence-corrected chi connectivity index (χ2v) is 5.86. The molecule has 0 spiro atoms. The summed E-state index contributed by atoms with van der Waals surface area (Å²) in [5, 5.41) is 8.63. The molecule has 1 atom stereocenters. The number of carbonyl (C=O) groups is 1. The molecule has 0 heterocycles. The highest BCUT2D eigenvalue weighted by molar-refractivity contribution is 5.81. The topological polar surface area (TPSA) is 37.3 Å². The van der Waals surface area contributed by atoms with Gasteiger partial charge in [0.25, 0.3) is 0 Å². The average molecular weight is 286 g/mol. The largest absolute Gasteiger partial charge is 0.478 e. The van der Waals surface area contributed by atoms with E-state index in [1.54, 1.807) is 13.0 Å². The third-order valence-corrected chi connectivity index (χ3v) is 3.81. The Hall–Kier alpha value is -1.83. The molecule has 0 aromatic carbocycles. The molecule has 0 saturated heterocycles. The lowest BCUT2D eigenvalue weighted by molar-refractivity contribution is -0.131. The van der Waals surface area contributed by atoms with Crippen molar-refractivity contribution in [3.8, 4) is 0 Å². The predicted octanol–water partition coefficient (Wildman–Crippen LogP) is 5.21. The normalized spacial score (nSPS) is 21.6. The predicted molar refractivity (Wildman–Crippen MR) is 89.1 cm³/mol. The molecule has 1 aliphatic rings. The first-order valence-corrected chi connectivity index (χ1v) is 7.54. The Morgan fingerprint density at radius 1 is 1.24 bits per heavy atom. The summed E-state index contributed by atoms with van der Waals surface area (Å²) in [6.45, 7) is 8.36. The summed E-state index contributed by atoms with van der Waals surface area (Å²) in [6, 6.07) is 0. The first-order chi connectivity index (χ1) is 9.90. The summed E-state index contributed by atoms with van der Waals surface area (Å²) < 4.78 is 0. The molecule has 114 valence electrons. The lowest BCUT2D eigenvalue weighted by atomic mass is 9.84. The SMILES string of the molecule is CC1=C(/C=C/C(C)=C/C=C/C(C)=C/C(=O)O)C(C)CCC1. The zero-order valence-electron chi connectivity index (χ0n) is 13.5.